The van der Waals surface area contributed by atoms with Gasteiger partial charge >= 0.3 is 0 Å². The van der Waals surface area contributed by atoms with Crippen molar-refractivity contribution in [2.75, 3.05) is 28.3 Å². The summed E-state index contributed by atoms with van der Waals surface area (Å²) < 4.78 is 23.5. The Bertz CT molecular complexity index is 629. The highest BCUT2D eigenvalue weighted by Gasteiger charge is 2.32. The quantitative estimate of drug-likeness (QED) is 0.887. The minimum absolute atomic E-state index is 0.0300. The van der Waals surface area contributed by atoms with Crippen LogP contribution in [0.15, 0.2) is 12.4 Å². The molecular weight excluding hydrogens is 312 g/mol. The van der Waals surface area contributed by atoms with Crippen molar-refractivity contribution in [1.29, 1.82) is 0 Å². The number of sulfone groups is 1. The lowest BCUT2D eigenvalue weighted by Crippen LogP contribution is -2.36. The highest BCUT2D eigenvalue weighted by atomic mass is 32.2. The Kier molecular flexibility index (Phi) is 5.04. The first kappa shape index (κ1) is 16.5. The minimum atomic E-state index is -2.89. The predicted octanol–water partition coefficient (Wildman–Crippen LogP) is 2.23. The Morgan fingerprint density at radius 1 is 1.22 bits per heavy atom. The molecule has 2 aliphatic rings. The van der Waals surface area contributed by atoms with Gasteiger partial charge in [-0.2, -0.15) is 0 Å². The van der Waals surface area contributed by atoms with Gasteiger partial charge in [0.2, 0.25) is 0 Å². The SMILES string of the molecule is CCN(c1cc(NC2CCCCC2)ncn1)C1CCS(=O)(=O)C1. The number of hydrogen-bond donors (Lipinski definition) is 1. The van der Waals surface area contributed by atoms with E-state index in [2.05, 4.69) is 20.2 Å². The molecule has 0 bridgehead atoms. The second-order valence-corrected chi connectivity index (χ2v) is 8.81. The Balaban J connectivity index is 1.72. The van der Waals surface area contributed by atoms with Crippen LogP contribution in [0.25, 0.3) is 0 Å². The fourth-order valence-corrected chi connectivity index (χ4v) is 5.40. The summed E-state index contributed by atoms with van der Waals surface area (Å²) in [6, 6.07) is 2.49. The Morgan fingerprint density at radius 3 is 2.65 bits per heavy atom. The van der Waals surface area contributed by atoms with Crippen LogP contribution in [0.3, 0.4) is 0 Å². The van der Waals surface area contributed by atoms with Gasteiger partial charge in [0.15, 0.2) is 9.84 Å². The van der Waals surface area contributed by atoms with Crippen LogP contribution in [0, 0.1) is 0 Å². The summed E-state index contributed by atoms with van der Waals surface area (Å²) in [5, 5.41) is 3.51. The smallest absolute Gasteiger partial charge is 0.152 e. The third-order valence-corrected chi connectivity index (χ3v) is 6.64. The summed E-state index contributed by atoms with van der Waals surface area (Å²) in [7, 11) is -2.89. The summed E-state index contributed by atoms with van der Waals surface area (Å²) in [6.45, 7) is 2.79. The van der Waals surface area contributed by atoms with Crippen LogP contribution in [-0.2, 0) is 9.84 Å². The molecule has 1 aromatic rings. The third kappa shape index (κ3) is 4.13. The molecular formula is C16H26N4O2S. The van der Waals surface area contributed by atoms with E-state index in [-0.39, 0.29) is 17.5 Å². The lowest BCUT2D eigenvalue weighted by Gasteiger charge is -2.28. The van der Waals surface area contributed by atoms with Crippen molar-refractivity contribution in [2.24, 2.45) is 0 Å². The van der Waals surface area contributed by atoms with Gasteiger partial charge in [-0.25, -0.2) is 18.4 Å². The Labute approximate surface area is 138 Å². The number of anilines is 2. The average Bonchev–Trinajstić information content (AvgIpc) is 2.89. The number of nitrogens with one attached hydrogen (secondary N) is 1. The molecule has 1 aliphatic heterocycles. The van der Waals surface area contributed by atoms with Crippen molar-refractivity contribution in [3.63, 3.8) is 0 Å². The van der Waals surface area contributed by atoms with Gasteiger partial charge in [-0.05, 0) is 26.2 Å². The first-order valence-electron chi connectivity index (χ1n) is 8.63. The molecule has 1 unspecified atom stereocenters. The molecule has 1 aliphatic carbocycles. The number of aromatic nitrogens is 2. The number of hydrogen-bond acceptors (Lipinski definition) is 6. The molecule has 2 fully saturated rings. The maximum Gasteiger partial charge on any atom is 0.152 e. The van der Waals surface area contributed by atoms with Gasteiger partial charge in [-0.15, -0.1) is 0 Å². The first-order valence-corrected chi connectivity index (χ1v) is 10.4. The van der Waals surface area contributed by atoms with Crippen molar-refractivity contribution in [3.8, 4) is 0 Å². The maximum absolute atomic E-state index is 11.8. The summed E-state index contributed by atoms with van der Waals surface area (Å²) in [5.41, 5.74) is 0. The van der Waals surface area contributed by atoms with E-state index in [0.29, 0.717) is 12.5 Å². The van der Waals surface area contributed by atoms with E-state index in [9.17, 15) is 8.42 Å². The monoisotopic (exact) mass is 338 g/mol. The topological polar surface area (TPSA) is 75.2 Å². The molecule has 1 saturated heterocycles. The molecule has 1 N–H and O–H groups in total. The zero-order valence-corrected chi connectivity index (χ0v) is 14.6. The van der Waals surface area contributed by atoms with E-state index in [0.717, 1.165) is 18.2 Å². The Hall–Kier alpha value is -1.37. The molecule has 1 aromatic heterocycles. The summed E-state index contributed by atoms with van der Waals surface area (Å²) in [6.07, 6.45) is 8.52. The molecule has 0 radical (unpaired) electrons. The summed E-state index contributed by atoms with van der Waals surface area (Å²) in [4.78, 5) is 10.8. The zero-order chi connectivity index (χ0) is 16.3. The molecule has 3 rings (SSSR count). The molecule has 1 saturated carbocycles. The molecule has 1 atom stereocenters. The molecule has 6 nitrogen and oxygen atoms in total. The average molecular weight is 338 g/mol. The second-order valence-electron chi connectivity index (χ2n) is 6.58. The van der Waals surface area contributed by atoms with Crippen LogP contribution in [-0.4, -0.2) is 48.5 Å². The zero-order valence-electron chi connectivity index (χ0n) is 13.7. The molecule has 0 amide bonds. The van der Waals surface area contributed by atoms with Gasteiger partial charge in [0.05, 0.1) is 11.5 Å². The van der Waals surface area contributed by atoms with E-state index >= 15 is 0 Å². The van der Waals surface area contributed by atoms with Crippen LogP contribution in [0.4, 0.5) is 11.6 Å². The highest BCUT2D eigenvalue weighted by Crippen LogP contribution is 2.25. The van der Waals surface area contributed by atoms with Crippen molar-refractivity contribution >= 4 is 21.5 Å². The van der Waals surface area contributed by atoms with Gasteiger partial charge in [-0.1, -0.05) is 19.3 Å². The molecule has 23 heavy (non-hydrogen) atoms. The molecule has 0 spiro atoms. The lowest BCUT2D eigenvalue weighted by molar-refractivity contribution is 0.462. The standard InChI is InChI=1S/C16H26N4O2S/c1-2-20(14-8-9-23(21,22)11-14)16-10-15(17-12-18-16)19-13-6-4-3-5-7-13/h10,12-14H,2-9,11H2,1H3,(H,17,18,19). The van der Waals surface area contributed by atoms with Crippen LogP contribution in [0.5, 0.6) is 0 Å². The number of rotatable bonds is 5. The van der Waals surface area contributed by atoms with Crippen molar-refractivity contribution in [1.82, 2.24) is 9.97 Å². The predicted molar refractivity (Wildman–Crippen MR) is 92.6 cm³/mol. The van der Waals surface area contributed by atoms with Crippen LogP contribution in [0.1, 0.15) is 45.4 Å². The van der Waals surface area contributed by atoms with E-state index < -0.39 is 9.84 Å². The molecule has 128 valence electrons. The maximum atomic E-state index is 11.8. The highest BCUT2D eigenvalue weighted by molar-refractivity contribution is 7.91. The van der Waals surface area contributed by atoms with Gasteiger partial charge in [0.1, 0.15) is 18.0 Å². The normalized spacial score (nSPS) is 24.5. The molecule has 2 heterocycles. The van der Waals surface area contributed by atoms with Gasteiger partial charge < -0.3 is 10.2 Å². The van der Waals surface area contributed by atoms with Gasteiger partial charge in [0.25, 0.3) is 0 Å². The fourth-order valence-electron chi connectivity index (χ4n) is 3.67. The Morgan fingerprint density at radius 2 is 2.00 bits per heavy atom. The van der Waals surface area contributed by atoms with Crippen LogP contribution >= 0.6 is 0 Å². The van der Waals surface area contributed by atoms with Crippen LogP contribution in [0.2, 0.25) is 0 Å². The van der Waals surface area contributed by atoms with Crippen molar-refractivity contribution < 1.29 is 8.42 Å². The van der Waals surface area contributed by atoms with E-state index in [1.54, 1.807) is 6.33 Å². The molecule has 0 aromatic carbocycles. The van der Waals surface area contributed by atoms with Crippen molar-refractivity contribution in [3.05, 3.63) is 12.4 Å². The minimum Gasteiger partial charge on any atom is -0.367 e. The largest absolute Gasteiger partial charge is 0.367 e. The summed E-state index contributed by atoms with van der Waals surface area (Å²) >= 11 is 0. The van der Waals surface area contributed by atoms with Crippen molar-refractivity contribution in [2.45, 2.75) is 57.5 Å². The van der Waals surface area contributed by atoms with E-state index in [1.165, 1.54) is 32.1 Å². The third-order valence-electron chi connectivity index (χ3n) is 4.89. The van der Waals surface area contributed by atoms with Gasteiger partial charge in [-0.3, -0.25) is 0 Å². The summed E-state index contributed by atoms with van der Waals surface area (Å²) in [5.74, 6) is 2.19. The van der Waals surface area contributed by atoms with E-state index in [1.807, 2.05) is 13.0 Å². The molecule has 7 heteroatoms. The lowest BCUT2D eigenvalue weighted by atomic mass is 9.95. The van der Waals surface area contributed by atoms with Crippen LogP contribution < -0.4 is 10.2 Å². The van der Waals surface area contributed by atoms with Gasteiger partial charge in [0, 0.05) is 24.7 Å². The van der Waals surface area contributed by atoms with E-state index in [4.69, 9.17) is 0 Å². The number of nitrogens with zero attached hydrogens (tertiary/aromatic N) is 3. The first-order chi connectivity index (χ1) is 11.1. The second kappa shape index (κ2) is 7.03. The fraction of sp³-hybridized carbons (Fsp3) is 0.750.